The van der Waals surface area contributed by atoms with E-state index in [1.54, 1.807) is 17.0 Å². The van der Waals surface area contributed by atoms with Crippen LogP contribution in [0, 0.1) is 5.92 Å². The first-order valence-electron chi connectivity index (χ1n) is 7.18. The lowest BCUT2D eigenvalue weighted by atomic mass is 10.2. The minimum absolute atomic E-state index is 0.01000. The Morgan fingerprint density at radius 3 is 3.05 bits per heavy atom. The summed E-state index contributed by atoms with van der Waals surface area (Å²) in [6.45, 7) is 7.67. The molecule has 20 heavy (non-hydrogen) atoms. The molecule has 1 saturated heterocycles. The Bertz CT molecular complexity index is 484. The van der Waals surface area contributed by atoms with Crippen molar-refractivity contribution >= 4 is 5.82 Å². The third-order valence-electron chi connectivity index (χ3n) is 3.40. The summed E-state index contributed by atoms with van der Waals surface area (Å²) in [7, 11) is 1.91. The van der Waals surface area contributed by atoms with E-state index in [1.165, 1.54) is 0 Å². The summed E-state index contributed by atoms with van der Waals surface area (Å²) in [5.74, 6) is 0.970. The first-order valence-corrected chi connectivity index (χ1v) is 7.18. The Morgan fingerprint density at radius 2 is 2.35 bits per heavy atom. The Hall–Kier alpha value is -1.40. The highest BCUT2D eigenvalue weighted by atomic mass is 16.5. The second kappa shape index (κ2) is 6.85. The Morgan fingerprint density at radius 1 is 1.55 bits per heavy atom. The molecule has 0 aliphatic carbocycles. The molecular formula is C14H24N4O2. The number of hydrogen-bond acceptors (Lipinski definition) is 5. The number of nitrogens with zero attached hydrogens (tertiary/aromatic N) is 3. The SMILES string of the molecule is CNCC1COCCN1c1nccn(CC(C)C)c1=O. The molecule has 1 unspecified atom stereocenters. The second-order valence-electron chi connectivity index (χ2n) is 5.58. The number of morpholine rings is 1. The van der Waals surface area contributed by atoms with Crippen LogP contribution in [0.3, 0.4) is 0 Å². The number of ether oxygens (including phenoxy) is 1. The fraction of sp³-hybridized carbons (Fsp3) is 0.714. The van der Waals surface area contributed by atoms with E-state index in [9.17, 15) is 4.79 Å². The maximum Gasteiger partial charge on any atom is 0.293 e. The molecule has 1 aliphatic heterocycles. The van der Waals surface area contributed by atoms with Crippen LogP contribution in [0.2, 0.25) is 0 Å². The maximum absolute atomic E-state index is 12.6. The fourth-order valence-corrected chi connectivity index (χ4v) is 2.51. The average Bonchev–Trinajstić information content (AvgIpc) is 2.42. The maximum atomic E-state index is 12.6. The van der Waals surface area contributed by atoms with Gasteiger partial charge in [-0.3, -0.25) is 4.79 Å². The summed E-state index contributed by atoms with van der Waals surface area (Å²) in [5, 5.41) is 3.15. The van der Waals surface area contributed by atoms with E-state index >= 15 is 0 Å². The number of rotatable bonds is 5. The molecule has 6 nitrogen and oxygen atoms in total. The number of anilines is 1. The van der Waals surface area contributed by atoms with E-state index in [0.717, 1.165) is 13.1 Å². The Labute approximate surface area is 119 Å². The molecule has 1 N–H and O–H groups in total. The van der Waals surface area contributed by atoms with E-state index in [4.69, 9.17) is 4.74 Å². The molecule has 112 valence electrons. The third kappa shape index (κ3) is 3.37. The molecule has 0 aromatic carbocycles. The van der Waals surface area contributed by atoms with Gasteiger partial charge in [-0.2, -0.15) is 0 Å². The van der Waals surface area contributed by atoms with E-state index in [0.29, 0.717) is 31.5 Å². The molecular weight excluding hydrogens is 256 g/mol. The lowest BCUT2D eigenvalue weighted by Crippen LogP contribution is -2.52. The predicted octanol–water partition coefficient (Wildman–Crippen LogP) is 0.324. The van der Waals surface area contributed by atoms with Crippen LogP contribution in [-0.2, 0) is 11.3 Å². The van der Waals surface area contributed by atoms with Gasteiger partial charge in [-0.25, -0.2) is 4.98 Å². The van der Waals surface area contributed by atoms with Gasteiger partial charge < -0.3 is 19.5 Å². The smallest absolute Gasteiger partial charge is 0.293 e. The van der Waals surface area contributed by atoms with Crippen molar-refractivity contribution in [1.29, 1.82) is 0 Å². The number of hydrogen-bond donors (Lipinski definition) is 1. The molecule has 1 aromatic rings. The van der Waals surface area contributed by atoms with Crippen molar-refractivity contribution in [3.63, 3.8) is 0 Å². The van der Waals surface area contributed by atoms with Crippen LogP contribution in [0.5, 0.6) is 0 Å². The molecule has 6 heteroatoms. The van der Waals surface area contributed by atoms with Crippen molar-refractivity contribution in [1.82, 2.24) is 14.9 Å². The molecule has 1 fully saturated rings. The van der Waals surface area contributed by atoms with Gasteiger partial charge in [0.05, 0.1) is 19.3 Å². The summed E-state index contributed by atoms with van der Waals surface area (Å²) in [5.41, 5.74) is -0.01000. The topological polar surface area (TPSA) is 59.4 Å². The minimum atomic E-state index is -0.01000. The molecule has 0 saturated carbocycles. The summed E-state index contributed by atoms with van der Waals surface area (Å²) < 4.78 is 7.25. The van der Waals surface area contributed by atoms with Gasteiger partial charge in [0.1, 0.15) is 0 Å². The van der Waals surface area contributed by atoms with E-state index < -0.39 is 0 Å². The van der Waals surface area contributed by atoms with Gasteiger partial charge in [0.15, 0.2) is 5.82 Å². The third-order valence-corrected chi connectivity index (χ3v) is 3.40. The molecule has 1 aliphatic rings. The highest BCUT2D eigenvalue weighted by Crippen LogP contribution is 2.13. The highest BCUT2D eigenvalue weighted by molar-refractivity contribution is 5.38. The largest absolute Gasteiger partial charge is 0.377 e. The summed E-state index contributed by atoms with van der Waals surface area (Å²) >= 11 is 0. The van der Waals surface area contributed by atoms with Crippen LogP contribution < -0.4 is 15.8 Å². The van der Waals surface area contributed by atoms with Crippen LogP contribution in [-0.4, -0.2) is 48.9 Å². The van der Waals surface area contributed by atoms with Gasteiger partial charge in [0.25, 0.3) is 5.56 Å². The van der Waals surface area contributed by atoms with Gasteiger partial charge in [0, 0.05) is 32.0 Å². The monoisotopic (exact) mass is 280 g/mol. The summed E-state index contributed by atoms with van der Waals surface area (Å²) in [6, 6.07) is 0.156. The first-order chi connectivity index (χ1) is 9.63. The van der Waals surface area contributed by atoms with Crippen LogP contribution in [0.15, 0.2) is 17.2 Å². The van der Waals surface area contributed by atoms with Crippen molar-refractivity contribution in [2.45, 2.75) is 26.4 Å². The van der Waals surface area contributed by atoms with Crippen LogP contribution >= 0.6 is 0 Å². The quantitative estimate of drug-likeness (QED) is 0.842. The molecule has 1 aromatic heterocycles. The number of aromatic nitrogens is 2. The number of nitrogens with one attached hydrogen (secondary N) is 1. The van der Waals surface area contributed by atoms with Crippen molar-refractivity contribution < 1.29 is 4.74 Å². The standard InChI is InChI=1S/C14H24N4O2/c1-11(2)9-17-5-4-16-13(14(17)19)18-6-7-20-10-12(18)8-15-3/h4-5,11-12,15H,6-10H2,1-3H3. The minimum Gasteiger partial charge on any atom is -0.377 e. The zero-order valence-corrected chi connectivity index (χ0v) is 12.5. The Kier molecular flexibility index (Phi) is 5.14. The Balaban J connectivity index is 2.28. The summed E-state index contributed by atoms with van der Waals surface area (Å²) in [4.78, 5) is 18.9. The van der Waals surface area contributed by atoms with Gasteiger partial charge in [-0.05, 0) is 13.0 Å². The molecule has 2 rings (SSSR count). The van der Waals surface area contributed by atoms with Gasteiger partial charge in [-0.1, -0.05) is 13.8 Å². The second-order valence-corrected chi connectivity index (χ2v) is 5.58. The molecule has 0 amide bonds. The van der Waals surface area contributed by atoms with Crippen LogP contribution in [0.4, 0.5) is 5.82 Å². The zero-order chi connectivity index (χ0) is 14.5. The van der Waals surface area contributed by atoms with Crippen molar-refractivity contribution in [3.8, 4) is 0 Å². The van der Waals surface area contributed by atoms with Crippen molar-refractivity contribution in [3.05, 3.63) is 22.7 Å². The van der Waals surface area contributed by atoms with E-state index in [1.807, 2.05) is 7.05 Å². The van der Waals surface area contributed by atoms with Crippen molar-refractivity contribution in [2.75, 3.05) is 38.3 Å². The highest BCUT2D eigenvalue weighted by Gasteiger charge is 2.26. The van der Waals surface area contributed by atoms with E-state index in [2.05, 4.69) is 29.0 Å². The normalized spacial score (nSPS) is 19.6. The van der Waals surface area contributed by atoms with E-state index in [-0.39, 0.29) is 11.6 Å². The fourth-order valence-electron chi connectivity index (χ4n) is 2.51. The number of likely N-dealkylation sites (N-methyl/N-ethyl adjacent to an activating group) is 1. The molecule has 0 radical (unpaired) electrons. The lowest BCUT2D eigenvalue weighted by molar-refractivity contribution is 0.0937. The van der Waals surface area contributed by atoms with Crippen molar-refractivity contribution in [2.24, 2.45) is 5.92 Å². The van der Waals surface area contributed by atoms with Crippen LogP contribution in [0.25, 0.3) is 0 Å². The van der Waals surface area contributed by atoms with Gasteiger partial charge in [0.2, 0.25) is 0 Å². The van der Waals surface area contributed by atoms with Gasteiger partial charge >= 0.3 is 0 Å². The summed E-state index contributed by atoms with van der Waals surface area (Å²) in [6.07, 6.45) is 3.48. The average molecular weight is 280 g/mol. The molecule has 1 atom stereocenters. The lowest BCUT2D eigenvalue weighted by Gasteiger charge is -2.36. The zero-order valence-electron chi connectivity index (χ0n) is 12.5. The molecule has 2 heterocycles. The van der Waals surface area contributed by atoms with Crippen LogP contribution in [0.1, 0.15) is 13.8 Å². The van der Waals surface area contributed by atoms with Gasteiger partial charge in [-0.15, -0.1) is 0 Å². The molecule has 0 bridgehead atoms. The predicted molar refractivity (Wildman–Crippen MR) is 79.2 cm³/mol. The first kappa shape index (κ1) is 15.0. The molecule has 0 spiro atoms.